The molecular weight excluding hydrogens is 576 g/mol. The van der Waals surface area contributed by atoms with Gasteiger partial charge in [-0.25, -0.2) is 0 Å². The van der Waals surface area contributed by atoms with Crippen LogP contribution in [0, 0.1) is 0 Å². The Labute approximate surface area is 277 Å². The number of unbranched alkanes of at least 4 members (excludes halogenated alkanes) is 7. The molecule has 0 unspecified atom stereocenters. The fraction of sp³-hybridized carbons (Fsp3) is 0.286. The number of aldehydes is 1. The van der Waals surface area contributed by atoms with Crippen molar-refractivity contribution in [1.29, 1.82) is 0 Å². The van der Waals surface area contributed by atoms with Gasteiger partial charge < -0.3 is 9.13 Å². The summed E-state index contributed by atoms with van der Waals surface area (Å²) in [5, 5.41) is 10.7. The first-order valence-electron chi connectivity index (χ1n) is 17.3. The van der Waals surface area contributed by atoms with E-state index >= 15 is 0 Å². The molecule has 0 bridgehead atoms. The normalized spacial score (nSPS) is 13.6. The van der Waals surface area contributed by atoms with Gasteiger partial charge in [-0.3, -0.25) is 9.80 Å². The van der Waals surface area contributed by atoms with Crippen LogP contribution in [-0.2, 0) is 19.5 Å². The summed E-state index contributed by atoms with van der Waals surface area (Å²) >= 11 is 0. The van der Waals surface area contributed by atoms with Crippen molar-refractivity contribution >= 4 is 56.5 Å². The number of hydrazone groups is 1. The molecule has 238 valence electrons. The maximum Gasteiger partial charge on any atom is 0.150 e. The number of hydrogen-bond acceptors (Lipinski definition) is 3. The van der Waals surface area contributed by atoms with Gasteiger partial charge in [-0.05, 0) is 73.0 Å². The highest BCUT2D eigenvalue weighted by Gasteiger charge is 2.20. The molecule has 2 aromatic heterocycles. The molecule has 0 saturated heterocycles. The third-order valence-electron chi connectivity index (χ3n) is 9.77. The van der Waals surface area contributed by atoms with Crippen LogP contribution in [0.25, 0.3) is 38.8 Å². The second-order valence-corrected chi connectivity index (χ2v) is 12.9. The molecule has 6 aromatic rings. The van der Waals surface area contributed by atoms with Gasteiger partial charge >= 0.3 is 0 Å². The molecule has 5 nitrogen and oxygen atoms in total. The highest BCUT2D eigenvalue weighted by molar-refractivity contribution is 6.09. The number of anilines is 1. The van der Waals surface area contributed by atoms with Crippen molar-refractivity contribution in [2.24, 2.45) is 5.10 Å². The standard InChI is InChI=1S/C42H44N4O/c1-44(34-17-9-8-10-18-34)43-33-24-26-42-38(30-33)36-20-12-14-22-40(36)46(42)28-16-7-5-3-2-4-6-15-27-45-39-21-13-11-19-35(39)37-29-32(31-47)23-25-41(37)45/h8-14,17-26,29,31H,2-7,15-16,27-28,30H2,1H3. The van der Waals surface area contributed by atoms with Crippen molar-refractivity contribution < 1.29 is 4.79 Å². The predicted molar refractivity (Wildman–Crippen MR) is 199 cm³/mol. The molecule has 47 heavy (non-hydrogen) atoms. The van der Waals surface area contributed by atoms with E-state index in [0.717, 1.165) is 42.8 Å². The van der Waals surface area contributed by atoms with Gasteiger partial charge in [-0.1, -0.05) is 93.1 Å². The Kier molecular flexibility index (Phi) is 9.32. The number of benzene rings is 4. The van der Waals surface area contributed by atoms with Crippen LogP contribution in [0.5, 0.6) is 0 Å². The van der Waals surface area contributed by atoms with E-state index in [2.05, 4.69) is 100 Å². The molecular formula is C42H44N4O. The monoisotopic (exact) mass is 620 g/mol. The molecule has 7 rings (SSSR count). The maximum atomic E-state index is 11.4. The SMILES string of the molecule is CN(N=C1C=Cc2c(c3ccccc3n2CCCCCCCCCCn2c3ccccc3c3cc(C=O)ccc32)C1)c1ccccc1. The van der Waals surface area contributed by atoms with Crippen LogP contribution < -0.4 is 5.01 Å². The number of aryl methyl sites for hydroxylation is 2. The number of aromatic nitrogens is 2. The zero-order chi connectivity index (χ0) is 32.0. The number of carbonyl (C=O) groups excluding carboxylic acids is 1. The van der Waals surface area contributed by atoms with E-state index in [1.807, 2.05) is 30.3 Å². The molecule has 0 radical (unpaired) electrons. The molecule has 0 aliphatic heterocycles. The van der Waals surface area contributed by atoms with Gasteiger partial charge in [0.1, 0.15) is 6.29 Å². The predicted octanol–water partition coefficient (Wildman–Crippen LogP) is 10.4. The lowest BCUT2D eigenvalue weighted by molar-refractivity contribution is 0.112. The molecule has 4 aromatic carbocycles. The van der Waals surface area contributed by atoms with E-state index in [-0.39, 0.29) is 0 Å². The second kappa shape index (κ2) is 14.3. The molecule has 0 spiro atoms. The topological polar surface area (TPSA) is 42.5 Å². The van der Waals surface area contributed by atoms with Crippen LogP contribution >= 0.6 is 0 Å². The Morgan fingerprint density at radius 3 is 1.96 bits per heavy atom. The molecule has 1 aliphatic rings. The summed E-state index contributed by atoms with van der Waals surface area (Å²) in [4.78, 5) is 11.4. The fourth-order valence-corrected chi connectivity index (χ4v) is 7.38. The summed E-state index contributed by atoms with van der Waals surface area (Å²) in [6.07, 6.45) is 16.4. The lowest BCUT2D eigenvalue weighted by atomic mass is 9.99. The first kappa shape index (κ1) is 30.7. The fourth-order valence-electron chi connectivity index (χ4n) is 7.38. The van der Waals surface area contributed by atoms with Crippen LogP contribution in [0.2, 0.25) is 0 Å². The van der Waals surface area contributed by atoms with E-state index in [1.54, 1.807) is 0 Å². The van der Waals surface area contributed by atoms with E-state index in [9.17, 15) is 4.79 Å². The van der Waals surface area contributed by atoms with Crippen LogP contribution in [0.1, 0.15) is 73.0 Å². The quantitative estimate of drug-likeness (QED) is 0.0691. The van der Waals surface area contributed by atoms with Gasteiger partial charge in [0.25, 0.3) is 0 Å². The Hall–Kier alpha value is -4.90. The molecule has 2 heterocycles. The van der Waals surface area contributed by atoms with Crippen molar-refractivity contribution in [3.05, 3.63) is 120 Å². The molecule has 0 atom stereocenters. The van der Waals surface area contributed by atoms with Crippen molar-refractivity contribution in [2.75, 3.05) is 12.1 Å². The van der Waals surface area contributed by atoms with Crippen molar-refractivity contribution in [1.82, 2.24) is 9.13 Å². The van der Waals surface area contributed by atoms with Gasteiger partial charge in [0, 0.05) is 70.5 Å². The van der Waals surface area contributed by atoms with Crippen molar-refractivity contribution in [3.63, 3.8) is 0 Å². The molecule has 1 aliphatic carbocycles. The number of nitrogens with zero attached hydrogens (tertiary/aromatic N) is 4. The molecule has 0 amide bonds. The summed E-state index contributed by atoms with van der Waals surface area (Å²) in [6, 6.07) is 33.8. The Morgan fingerprint density at radius 2 is 1.23 bits per heavy atom. The Bertz CT molecular complexity index is 2060. The molecule has 0 saturated carbocycles. The van der Waals surface area contributed by atoms with Gasteiger partial charge in [0.2, 0.25) is 0 Å². The number of para-hydroxylation sites is 3. The van der Waals surface area contributed by atoms with E-state index in [1.165, 1.54) is 95.3 Å². The van der Waals surface area contributed by atoms with Gasteiger partial charge in [0.05, 0.1) is 11.4 Å². The summed E-state index contributed by atoms with van der Waals surface area (Å²) < 4.78 is 4.97. The van der Waals surface area contributed by atoms with Crippen molar-refractivity contribution in [2.45, 2.75) is 70.9 Å². The number of allylic oxidation sites excluding steroid dienone is 1. The average Bonchev–Trinajstić information content (AvgIpc) is 3.61. The number of rotatable bonds is 14. The van der Waals surface area contributed by atoms with E-state index in [4.69, 9.17) is 5.10 Å². The van der Waals surface area contributed by atoms with Gasteiger partial charge in [-0.2, -0.15) is 5.10 Å². The third-order valence-corrected chi connectivity index (χ3v) is 9.77. The highest BCUT2D eigenvalue weighted by Crippen LogP contribution is 2.32. The highest BCUT2D eigenvalue weighted by atomic mass is 16.1. The van der Waals surface area contributed by atoms with Gasteiger partial charge in [0.15, 0.2) is 0 Å². The minimum absolute atomic E-state index is 0.741. The molecule has 0 fully saturated rings. The summed E-state index contributed by atoms with van der Waals surface area (Å²) in [7, 11) is 2.02. The smallest absolute Gasteiger partial charge is 0.150 e. The summed E-state index contributed by atoms with van der Waals surface area (Å²) in [6.45, 7) is 2.08. The second-order valence-electron chi connectivity index (χ2n) is 12.9. The summed E-state index contributed by atoms with van der Waals surface area (Å²) in [5.41, 5.74) is 9.51. The average molecular weight is 621 g/mol. The van der Waals surface area contributed by atoms with E-state index in [0.29, 0.717) is 0 Å². The van der Waals surface area contributed by atoms with Crippen LogP contribution in [-0.4, -0.2) is 28.2 Å². The molecule has 0 N–H and O–H groups in total. The maximum absolute atomic E-state index is 11.4. The van der Waals surface area contributed by atoms with Crippen LogP contribution in [0.4, 0.5) is 5.69 Å². The number of carbonyl (C=O) groups is 1. The largest absolute Gasteiger partial charge is 0.341 e. The zero-order valence-electron chi connectivity index (χ0n) is 27.4. The van der Waals surface area contributed by atoms with E-state index < -0.39 is 0 Å². The lowest BCUT2D eigenvalue weighted by Gasteiger charge is -2.17. The first-order valence-corrected chi connectivity index (χ1v) is 17.3. The lowest BCUT2D eigenvalue weighted by Crippen LogP contribution is -2.15. The van der Waals surface area contributed by atoms with Crippen LogP contribution in [0.15, 0.2) is 108 Å². The Balaban J connectivity index is 0.881. The third kappa shape index (κ3) is 6.53. The minimum Gasteiger partial charge on any atom is -0.341 e. The number of hydrogen-bond donors (Lipinski definition) is 0. The van der Waals surface area contributed by atoms with Gasteiger partial charge in [-0.15, -0.1) is 0 Å². The van der Waals surface area contributed by atoms with Crippen molar-refractivity contribution in [3.8, 4) is 0 Å². The zero-order valence-corrected chi connectivity index (χ0v) is 27.4. The van der Waals surface area contributed by atoms with Crippen LogP contribution in [0.3, 0.4) is 0 Å². The first-order chi connectivity index (χ1) is 23.2. The molecule has 5 heteroatoms. The minimum atomic E-state index is 0.741. The Morgan fingerprint density at radius 1 is 0.638 bits per heavy atom. The summed E-state index contributed by atoms with van der Waals surface area (Å²) in [5.74, 6) is 0. The number of fused-ring (bicyclic) bond motifs is 6.